The Labute approximate surface area is 297 Å². The number of nitrogens with zero attached hydrogens (tertiary/aromatic N) is 2. The minimum absolute atomic E-state index is 0.0318. The standard InChI is InChI=1S/C13H20BrNO5S.C9H11BrO3.C5H13NO5S2/c1-4-19-20-10-11-9-12(14)5-6-13(11)18-8-7-15(2)21(3,16)17;1-2-12-13-6-7-5-8(10)3-4-9(7)11;1-6(13(3,8)9)4-5-11-12(7)10-2/h5-6,9H,4,7-8,10H2,1-3H3;3-5,11H,2,6H2,1H3;4-5H2,1-3H3. The van der Waals surface area contributed by atoms with Crippen LogP contribution in [0.3, 0.4) is 0 Å². The Morgan fingerprint density at radius 2 is 1.23 bits per heavy atom. The van der Waals surface area contributed by atoms with E-state index in [2.05, 4.69) is 40.2 Å². The van der Waals surface area contributed by atoms with Crippen molar-refractivity contribution in [2.75, 3.05) is 73.2 Å². The van der Waals surface area contributed by atoms with Crippen LogP contribution in [0.2, 0.25) is 0 Å². The maximum atomic E-state index is 11.3. The minimum atomic E-state index is -3.19. The van der Waals surface area contributed by atoms with Gasteiger partial charge in [-0.1, -0.05) is 31.9 Å². The molecular weight excluding hydrogens is 816 g/mol. The topological polar surface area (TPSA) is 177 Å². The van der Waals surface area contributed by atoms with E-state index in [1.54, 1.807) is 24.3 Å². The van der Waals surface area contributed by atoms with E-state index < -0.39 is 31.4 Å². The molecule has 272 valence electrons. The van der Waals surface area contributed by atoms with Crippen LogP contribution in [0, 0.1) is 0 Å². The molecule has 0 fully saturated rings. The molecule has 0 bridgehead atoms. The Bertz CT molecular complexity index is 1420. The van der Waals surface area contributed by atoms with Gasteiger partial charge < -0.3 is 9.84 Å². The lowest BCUT2D eigenvalue weighted by Gasteiger charge is -2.16. The van der Waals surface area contributed by atoms with E-state index in [1.165, 1.54) is 25.5 Å². The molecule has 1 N–H and O–H groups in total. The maximum absolute atomic E-state index is 11.3. The number of phenolic OH excluding ortho intramolecular Hbond substituents is 1. The predicted molar refractivity (Wildman–Crippen MR) is 184 cm³/mol. The third kappa shape index (κ3) is 22.1. The number of sulfonamides is 2. The van der Waals surface area contributed by atoms with Crippen LogP contribution in [0.5, 0.6) is 11.5 Å². The first-order chi connectivity index (χ1) is 22.0. The molecule has 1 unspecified atom stereocenters. The largest absolute Gasteiger partial charge is 0.508 e. The van der Waals surface area contributed by atoms with Crippen molar-refractivity contribution in [3.05, 3.63) is 56.5 Å². The number of phenols is 1. The lowest BCUT2D eigenvalue weighted by atomic mass is 10.2. The van der Waals surface area contributed by atoms with Gasteiger partial charge in [0, 0.05) is 47.3 Å². The summed E-state index contributed by atoms with van der Waals surface area (Å²) in [4.78, 5) is 19.4. The summed E-state index contributed by atoms with van der Waals surface area (Å²) in [6, 6.07) is 10.7. The van der Waals surface area contributed by atoms with Crippen molar-refractivity contribution in [1.82, 2.24) is 8.61 Å². The molecule has 0 saturated carbocycles. The van der Waals surface area contributed by atoms with Crippen LogP contribution in [0.15, 0.2) is 45.3 Å². The lowest BCUT2D eigenvalue weighted by Crippen LogP contribution is -2.29. The summed E-state index contributed by atoms with van der Waals surface area (Å²) in [5, 5.41) is 9.38. The molecule has 0 aliphatic carbocycles. The first-order valence-corrected chi connectivity index (χ1v) is 20.0. The highest BCUT2D eigenvalue weighted by atomic mass is 79.9. The summed E-state index contributed by atoms with van der Waals surface area (Å²) in [5.41, 5.74) is 1.52. The quantitative estimate of drug-likeness (QED) is 0.122. The second-order valence-electron chi connectivity index (χ2n) is 9.07. The van der Waals surface area contributed by atoms with Crippen LogP contribution < -0.4 is 4.74 Å². The number of ether oxygens (including phenoxy) is 1. The Balaban J connectivity index is 0.000000710. The molecule has 2 rings (SSSR count). The van der Waals surface area contributed by atoms with Gasteiger partial charge in [-0.05, 0) is 50.2 Å². The fourth-order valence-corrected chi connectivity index (χ4v) is 4.68. The lowest BCUT2D eigenvalue weighted by molar-refractivity contribution is -0.300. The van der Waals surface area contributed by atoms with E-state index in [1.807, 2.05) is 26.0 Å². The fourth-order valence-electron chi connectivity index (χ4n) is 2.75. The van der Waals surface area contributed by atoms with Gasteiger partial charge in [-0.25, -0.2) is 45.0 Å². The summed E-state index contributed by atoms with van der Waals surface area (Å²) in [5.74, 6) is 0.850. The van der Waals surface area contributed by atoms with Crippen molar-refractivity contribution in [2.24, 2.45) is 0 Å². The van der Waals surface area contributed by atoms with E-state index in [9.17, 15) is 26.2 Å². The Morgan fingerprint density at radius 1 is 0.766 bits per heavy atom. The smallest absolute Gasteiger partial charge is 0.304 e. The minimum Gasteiger partial charge on any atom is -0.508 e. The highest BCUT2D eigenvalue weighted by Gasteiger charge is 2.12. The van der Waals surface area contributed by atoms with Gasteiger partial charge >= 0.3 is 11.4 Å². The van der Waals surface area contributed by atoms with Gasteiger partial charge in [0.25, 0.3) is 0 Å². The van der Waals surface area contributed by atoms with E-state index >= 15 is 0 Å². The van der Waals surface area contributed by atoms with Crippen molar-refractivity contribution >= 4 is 63.3 Å². The Morgan fingerprint density at radius 3 is 1.72 bits per heavy atom. The van der Waals surface area contributed by atoms with Crippen LogP contribution in [-0.2, 0) is 72.5 Å². The predicted octanol–water partition coefficient (Wildman–Crippen LogP) is 3.93. The molecule has 2 aromatic carbocycles. The molecule has 47 heavy (non-hydrogen) atoms. The number of hydrogen-bond donors (Lipinski definition) is 1. The van der Waals surface area contributed by atoms with Crippen molar-refractivity contribution in [3.63, 3.8) is 0 Å². The van der Waals surface area contributed by atoms with Crippen LogP contribution in [0.25, 0.3) is 0 Å². The summed E-state index contributed by atoms with van der Waals surface area (Å²) in [6.07, 6.45) is 2.24. The molecule has 0 spiro atoms. The molecule has 0 aliphatic heterocycles. The molecule has 0 amide bonds. The first kappa shape index (κ1) is 45.7. The maximum Gasteiger partial charge on any atom is 0.304 e. The monoisotopic (exact) mass is 858 g/mol. The van der Waals surface area contributed by atoms with Gasteiger partial charge in [0.2, 0.25) is 20.0 Å². The summed E-state index contributed by atoms with van der Waals surface area (Å²) < 4.78 is 73.5. The van der Waals surface area contributed by atoms with Crippen molar-refractivity contribution in [2.45, 2.75) is 27.1 Å². The highest BCUT2D eigenvalue weighted by molar-refractivity contribution is 9.10. The van der Waals surface area contributed by atoms with Gasteiger partial charge in [0.1, 0.15) is 31.3 Å². The van der Waals surface area contributed by atoms with Gasteiger partial charge in [-0.15, -0.1) is 0 Å². The summed E-state index contributed by atoms with van der Waals surface area (Å²) in [7, 11) is -2.23. The van der Waals surface area contributed by atoms with Crippen LogP contribution in [-0.4, -0.2) is 108 Å². The van der Waals surface area contributed by atoms with Crippen molar-refractivity contribution < 1.29 is 58.8 Å². The number of benzene rings is 2. The Kier molecular flexibility index (Phi) is 24.1. The van der Waals surface area contributed by atoms with E-state index in [0.29, 0.717) is 24.5 Å². The van der Waals surface area contributed by atoms with Crippen LogP contribution in [0.4, 0.5) is 0 Å². The van der Waals surface area contributed by atoms with E-state index in [-0.39, 0.29) is 45.3 Å². The summed E-state index contributed by atoms with van der Waals surface area (Å²) >= 11 is 4.89. The molecule has 2 aromatic rings. The molecule has 0 heterocycles. The summed E-state index contributed by atoms with van der Waals surface area (Å²) in [6.45, 7) is 5.84. The van der Waals surface area contributed by atoms with Crippen LogP contribution >= 0.6 is 31.9 Å². The van der Waals surface area contributed by atoms with Gasteiger partial charge in [-0.3, -0.25) is 8.37 Å². The van der Waals surface area contributed by atoms with Gasteiger partial charge in [0.15, 0.2) is 0 Å². The highest BCUT2D eigenvalue weighted by Crippen LogP contribution is 2.24. The second-order valence-corrected chi connectivity index (χ2v) is 16.1. The normalized spacial score (nSPS) is 12.2. The average Bonchev–Trinajstić information content (AvgIpc) is 2.99. The number of rotatable bonds is 19. The van der Waals surface area contributed by atoms with Gasteiger partial charge in [0.05, 0.1) is 39.4 Å². The average molecular weight is 861 g/mol. The zero-order valence-corrected chi connectivity index (χ0v) is 33.0. The van der Waals surface area contributed by atoms with E-state index in [0.717, 1.165) is 31.3 Å². The molecule has 0 radical (unpaired) electrons. The number of hydrogen-bond acceptors (Lipinski definition) is 13. The van der Waals surface area contributed by atoms with E-state index in [4.69, 9.17) is 24.3 Å². The molecule has 0 saturated heterocycles. The number of aromatic hydroxyl groups is 1. The van der Waals surface area contributed by atoms with Gasteiger partial charge in [-0.2, -0.15) is 4.21 Å². The molecule has 1 atom stereocenters. The molecule has 0 aromatic heterocycles. The Hall–Kier alpha value is -1.27. The first-order valence-electron chi connectivity index (χ1n) is 13.8. The molecular formula is C27H44Br2N2O13S3. The van der Waals surface area contributed by atoms with Crippen molar-refractivity contribution in [1.29, 1.82) is 0 Å². The zero-order valence-electron chi connectivity index (χ0n) is 27.3. The van der Waals surface area contributed by atoms with Crippen LogP contribution in [0.1, 0.15) is 25.0 Å². The molecule has 0 aliphatic rings. The zero-order chi connectivity index (χ0) is 36.0. The number of likely N-dealkylation sites (N-methyl/N-ethyl adjacent to an activating group) is 2. The molecule has 15 nitrogen and oxygen atoms in total. The molecule has 20 heteroatoms. The third-order valence-corrected chi connectivity index (χ3v) is 9.66. The SMILES string of the molecule is CCOOCc1cc(Br)ccc1O.CCOOCc1cc(Br)ccc1OCCN(C)S(C)(=O)=O.COS(=O)OCCN(C)S(C)(=O)=O. The van der Waals surface area contributed by atoms with Crippen molar-refractivity contribution in [3.8, 4) is 11.5 Å². The number of halogens is 2. The second kappa shape index (κ2) is 24.8. The third-order valence-electron chi connectivity index (χ3n) is 5.41. The fraction of sp³-hybridized carbons (Fsp3) is 0.556.